The molecule has 71 valence electrons. The van der Waals surface area contributed by atoms with E-state index in [1.807, 2.05) is 0 Å². The molecule has 0 saturated heterocycles. The summed E-state index contributed by atoms with van der Waals surface area (Å²) in [5, 5.41) is 0. The minimum absolute atomic E-state index is 0.369. The van der Waals surface area contributed by atoms with Crippen LogP contribution in [0, 0.1) is 6.92 Å². The van der Waals surface area contributed by atoms with Crippen LogP contribution in [0.5, 0.6) is 0 Å². The van der Waals surface area contributed by atoms with E-state index in [9.17, 15) is 4.79 Å². The molecule has 1 aliphatic heterocycles. The van der Waals surface area contributed by atoms with Crippen molar-refractivity contribution in [2.24, 2.45) is 0 Å². The first kappa shape index (κ1) is 8.81. The summed E-state index contributed by atoms with van der Waals surface area (Å²) in [5.41, 5.74) is 2.95. The van der Waals surface area contributed by atoms with Crippen molar-refractivity contribution in [3.8, 4) is 11.1 Å². The van der Waals surface area contributed by atoms with Crippen molar-refractivity contribution in [3.05, 3.63) is 42.7 Å². The Balaban J connectivity index is 2.63. The molecule has 1 radical (unpaired) electrons. The molecule has 0 atom stereocenters. The third-order valence-corrected chi connectivity index (χ3v) is 2.15. The van der Waals surface area contributed by atoms with Gasteiger partial charge in [0.2, 0.25) is 0 Å². The van der Waals surface area contributed by atoms with Gasteiger partial charge in [0.15, 0.2) is 0 Å². The molecule has 2 rings (SSSR count). The van der Waals surface area contributed by atoms with Crippen molar-refractivity contribution in [2.45, 2.75) is 0 Å². The topological polar surface area (TPSA) is 39.4 Å². The van der Waals surface area contributed by atoms with E-state index < -0.39 is 0 Å². The van der Waals surface area contributed by atoms with E-state index in [-0.39, 0.29) is 5.97 Å². The van der Waals surface area contributed by atoms with Crippen molar-refractivity contribution in [1.82, 2.24) is 0 Å². The molecular weight excluding hydrogens is 180 g/mol. The van der Waals surface area contributed by atoms with Crippen LogP contribution in [-0.4, -0.2) is 13.1 Å². The lowest BCUT2D eigenvalue weighted by molar-refractivity contribution is 0.0602. The number of carbonyl (C=O) groups excluding carboxylic acids is 1. The number of hydrogen-bond donors (Lipinski definition) is 0. The summed E-state index contributed by atoms with van der Waals surface area (Å²) in [7, 11) is 1.35. The van der Waals surface area contributed by atoms with Gasteiger partial charge in [0.1, 0.15) is 0 Å². The average Bonchev–Trinajstić information content (AvgIpc) is 2.56. The maximum atomic E-state index is 11.3. The second kappa shape index (κ2) is 3.18. The lowest BCUT2D eigenvalue weighted by atomic mass is 10.1. The quantitative estimate of drug-likeness (QED) is 0.646. The predicted molar refractivity (Wildman–Crippen MR) is 51.1 cm³/mol. The fraction of sp³-hybridized carbons (Fsp3) is 0.0909. The maximum Gasteiger partial charge on any atom is 0.338 e. The SMILES string of the molecule is [CH2]c1cc(C(=O)OC)c2coccc1-2. The molecule has 0 amide bonds. The van der Waals surface area contributed by atoms with E-state index in [0.29, 0.717) is 5.56 Å². The maximum absolute atomic E-state index is 11.3. The Kier molecular flexibility index (Phi) is 2.00. The Bertz CT molecular complexity index is 442. The van der Waals surface area contributed by atoms with Gasteiger partial charge >= 0.3 is 5.97 Å². The highest BCUT2D eigenvalue weighted by Crippen LogP contribution is 2.31. The highest BCUT2D eigenvalue weighted by atomic mass is 16.5. The molecule has 2 aliphatic rings. The number of methoxy groups -OCH3 is 1. The van der Waals surface area contributed by atoms with Gasteiger partial charge in [-0.3, -0.25) is 0 Å². The molecule has 0 bridgehead atoms. The van der Waals surface area contributed by atoms with Crippen molar-refractivity contribution < 1.29 is 13.9 Å². The number of hydrogen-bond acceptors (Lipinski definition) is 3. The normalized spacial score (nSPS) is 10.4. The lowest BCUT2D eigenvalue weighted by Crippen LogP contribution is -2.00. The van der Waals surface area contributed by atoms with Crippen LogP contribution in [0.25, 0.3) is 11.1 Å². The number of ether oxygens (including phenoxy) is 1. The van der Waals surface area contributed by atoms with Gasteiger partial charge in [-0.05, 0) is 30.2 Å². The Morgan fingerprint density at radius 1 is 1.50 bits per heavy atom. The zero-order valence-electron chi connectivity index (χ0n) is 7.74. The lowest BCUT2D eigenvalue weighted by Gasteiger charge is -2.00. The van der Waals surface area contributed by atoms with Gasteiger partial charge in [-0.1, -0.05) is 0 Å². The first-order valence-corrected chi connectivity index (χ1v) is 4.13. The molecule has 0 spiro atoms. The second-order valence-electron chi connectivity index (χ2n) is 2.96. The van der Waals surface area contributed by atoms with Gasteiger partial charge in [0.25, 0.3) is 0 Å². The largest absolute Gasteiger partial charge is 0.472 e. The molecule has 0 aromatic carbocycles. The molecule has 0 aromatic heterocycles. The molecule has 1 aliphatic carbocycles. The van der Waals surface area contributed by atoms with E-state index in [0.717, 1.165) is 16.7 Å². The van der Waals surface area contributed by atoms with E-state index >= 15 is 0 Å². The highest BCUT2D eigenvalue weighted by Gasteiger charge is 2.19. The molecule has 0 aromatic rings. The first-order valence-electron chi connectivity index (χ1n) is 4.13. The van der Waals surface area contributed by atoms with Gasteiger partial charge in [0, 0.05) is 5.56 Å². The number of rotatable bonds is 1. The third kappa shape index (κ3) is 1.18. The number of carbonyl (C=O) groups is 1. The summed E-state index contributed by atoms with van der Waals surface area (Å²) in [4.78, 5) is 11.3. The second-order valence-corrected chi connectivity index (χ2v) is 2.96. The molecule has 14 heavy (non-hydrogen) atoms. The van der Waals surface area contributed by atoms with Crippen LogP contribution in [0.1, 0.15) is 15.9 Å². The Morgan fingerprint density at radius 2 is 2.29 bits per heavy atom. The molecule has 3 nitrogen and oxygen atoms in total. The van der Waals surface area contributed by atoms with Crippen molar-refractivity contribution in [3.63, 3.8) is 0 Å². The monoisotopic (exact) mass is 189 g/mol. The smallest absolute Gasteiger partial charge is 0.338 e. The van der Waals surface area contributed by atoms with Gasteiger partial charge in [-0.15, -0.1) is 0 Å². The van der Waals surface area contributed by atoms with Gasteiger partial charge < -0.3 is 9.15 Å². The average molecular weight is 189 g/mol. The van der Waals surface area contributed by atoms with Gasteiger partial charge in [-0.25, -0.2) is 4.79 Å². The van der Waals surface area contributed by atoms with Crippen LogP contribution in [-0.2, 0) is 4.74 Å². The minimum atomic E-state index is -0.369. The number of fused-ring (bicyclic) bond motifs is 1. The van der Waals surface area contributed by atoms with Crippen LogP contribution in [0.2, 0.25) is 0 Å². The van der Waals surface area contributed by atoms with Crippen LogP contribution in [0.15, 0.2) is 29.1 Å². The van der Waals surface area contributed by atoms with Crippen LogP contribution in [0.3, 0.4) is 0 Å². The van der Waals surface area contributed by atoms with Gasteiger partial charge in [0.05, 0.1) is 25.2 Å². The predicted octanol–water partition coefficient (Wildman–Crippen LogP) is 2.35. The van der Waals surface area contributed by atoms with E-state index in [4.69, 9.17) is 4.42 Å². The summed E-state index contributed by atoms with van der Waals surface area (Å²) in [5.74, 6) is -0.369. The van der Waals surface area contributed by atoms with Crippen molar-refractivity contribution in [1.29, 1.82) is 0 Å². The zero-order chi connectivity index (χ0) is 10.1. The van der Waals surface area contributed by atoms with E-state index in [2.05, 4.69) is 11.7 Å². The molecule has 0 N–H and O–H groups in total. The van der Waals surface area contributed by atoms with Crippen LogP contribution >= 0.6 is 0 Å². The summed E-state index contributed by atoms with van der Waals surface area (Å²) in [6.07, 6.45) is 3.08. The molecule has 1 heterocycles. The first-order chi connectivity index (χ1) is 6.74. The zero-order valence-corrected chi connectivity index (χ0v) is 7.74. The van der Waals surface area contributed by atoms with E-state index in [1.165, 1.54) is 13.4 Å². The fourth-order valence-electron chi connectivity index (χ4n) is 1.47. The molecule has 0 saturated carbocycles. The van der Waals surface area contributed by atoms with Crippen LogP contribution < -0.4 is 0 Å². The van der Waals surface area contributed by atoms with Crippen LogP contribution in [0.4, 0.5) is 0 Å². The van der Waals surface area contributed by atoms with Gasteiger partial charge in [-0.2, -0.15) is 0 Å². The molecule has 0 unspecified atom stereocenters. The number of esters is 1. The Labute approximate surface area is 81.6 Å². The summed E-state index contributed by atoms with van der Waals surface area (Å²) in [6, 6.07) is 3.48. The van der Waals surface area contributed by atoms with E-state index in [1.54, 1.807) is 18.4 Å². The van der Waals surface area contributed by atoms with Crippen molar-refractivity contribution >= 4 is 5.97 Å². The molecule has 3 heteroatoms. The third-order valence-electron chi connectivity index (χ3n) is 2.15. The standard InChI is InChI=1S/C11H9O3/c1-7-5-9(11(12)13-2)10-6-14-4-3-8(7)10/h3-6H,1H2,2H3. The summed E-state index contributed by atoms with van der Waals surface area (Å²) < 4.78 is 9.65. The summed E-state index contributed by atoms with van der Waals surface area (Å²) in [6.45, 7) is 3.84. The summed E-state index contributed by atoms with van der Waals surface area (Å²) >= 11 is 0. The molecule has 0 fully saturated rings. The minimum Gasteiger partial charge on any atom is -0.472 e. The highest BCUT2D eigenvalue weighted by molar-refractivity contribution is 5.99. The Hall–Kier alpha value is -1.77. The van der Waals surface area contributed by atoms with Crippen molar-refractivity contribution in [2.75, 3.05) is 7.11 Å². The Morgan fingerprint density at radius 3 is 3.00 bits per heavy atom. The molecular formula is C11H9O3. The fourth-order valence-corrected chi connectivity index (χ4v) is 1.47.